The highest BCUT2D eigenvalue weighted by molar-refractivity contribution is 5.82. The number of carbonyl (C=O) groups excluding carboxylic acids is 2. The summed E-state index contributed by atoms with van der Waals surface area (Å²) < 4.78 is 0. The van der Waals surface area contributed by atoms with E-state index in [-0.39, 0.29) is 11.8 Å². The third-order valence-corrected chi connectivity index (χ3v) is 2.76. The van der Waals surface area contributed by atoms with Gasteiger partial charge in [0.05, 0.1) is 6.21 Å². The second-order valence-electron chi connectivity index (χ2n) is 4.72. The van der Waals surface area contributed by atoms with E-state index >= 15 is 0 Å². The highest BCUT2D eigenvalue weighted by Crippen LogP contribution is 2.01. The van der Waals surface area contributed by atoms with Crippen molar-refractivity contribution < 1.29 is 9.59 Å². The Morgan fingerprint density at radius 2 is 1.91 bits per heavy atom. The molecule has 0 unspecified atom stereocenters. The Hall–Kier alpha value is -2.72. The third kappa shape index (κ3) is 7.77. The summed E-state index contributed by atoms with van der Waals surface area (Å²) in [7, 11) is 0. The van der Waals surface area contributed by atoms with Gasteiger partial charge in [-0.15, -0.1) is 5.10 Å². The molecule has 22 heavy (non-hydrogen) atoms. The SMILES string of the molecule is C=C=NNC(=O)CCCCC(=O)N/N=C/c1cccc(C)c1. The maximum absolute atomic E-state index is 11.6. The largest absolute Gasteiger partial charge is 0.273 e. The van der Waals surface area contributed by atoms with Crippen molar-refractivity contribution in [2.24, 2.45) is 10.2 Å². The van der Waals surface area contributed by atoms with Gasteiger partial charge in [-0.2, -0.15) is 5.10 Å². The number of hydrogen-bond donors (Lipinski definition) is 2. The minimum Gasteiger partial charge on any atom is -0.273 e. The van der Waals surface area contributed by atoms with Crippen molar-refractivity contribution in [1.29, 1.82) is 0 Å². The molecular formula is C16H20N4O2. The van der Waals surface area contributed by atoms with Crippen LogP contribution >= 0.6 is 0 Å². The highest BCUT2D eigenvalue weighted by atomic mass is 16.2. The molecule has 0 spiro atoms. The lowest BCUT2D eigenvalue weighted by atomic mass is 10.2. The van der Waals surface area contributed by atoms with Crippen LogP contribution in [0.3, 0.4) is 0 Å². The number of hydrazone groups is 2. The van der Waals surface area contributed by atoms with E-state index in [0.717, 1.165) is 11.1 Å². The Morgan fingerprint density at radius 3 is 2.55 bits per heavy atom. The molecule has 0 saturated heterocycles. The lowest BCUT2D eigenvalue weighted by molar-refractivity contribution is -0.123. The Kier molecular flexibility index (Phi) is 7.93. The minimum absolute atomic E-state index is 0.173. The first kappa shape index (κ1) is 17.3. The normalized spacial score (nSPS) is 10.0. The predicted octanol–water partition coefficient (Wildman–Crippen LogP) is 1.89. The van der Waals surface area contributed by atoms with Gasteiger partial charge in [-0.3, -0.25) is 9.59 Å². The number of hydrogen-bond acceptors (Lipinski definition) is 4. The summed E-state index contributed by atoms with van der Waals surface area (Å²) >= 11 is 0. The number of carbonyl (C=O) groups is 2. The van der Waals surface area contributed by atoms with Crippen molar-refractivity contribution in [3.63, 3.8) is 0 Å². The van der Waals surface area contributed by atoms with Gasteiger partial charge in [0.2, 0.25) is 11.8 Å². The fourth-order valence-corrected chi connectivity index (χ4v) is 1.71. The van der Waals surface area contributed by atoms with E-state index in [1.807, 2.05) is 31.2 Å². The summed E-state index contributed by atoms with van der Waals surface area (Å²) in [5, 5.41) is 7.30. The Balaban J connectivity index is 2.18. The van der Waals surface area contributed by atoms with Gasteiger partial charge in [-0.1, -0.05) is 29.8 Å². The molecule has 0 aliphatic rings. The molecule has 6 heteroatoms. The van der Waals surface area contributed by atoms with Crippen molar-refractivity contribution >= 4 is 23.9 Å². The van der Waals surface area contributed by atoms with Gasteiger partial charge < -0.3 is 0 Å². The molecule has 1 rings (SSSR count). The van der Waals surface area contributed by atoms with Crippen molar-refractivity contribution in [3.05, 3.63) is 42.0 Å². The first-order valence-corrected chi connectivity index (χ1v) is 7.01. The molecule has 1 aromatic rings. The molecule has 0 heterocycles. The van der Waals surface area contributed by atoms with Crippen molar-refractivity contribution in [1.82, 2.24) is 10.9 Å². The lowest BCUT2D eigenvalue weighted by Gasteiger charge is -2.00. The van der Waals surface area contributed by atoms with E-state index in [0.29, 0.717) is 25.7 Å². The first-order chi connectivity index (χ1) is 10.6. The van der Waals surface area contributed by atoms with Crippen LogP contribution in [0.4, 0.5) is 0 Å². The molecule has 0 aliphatic carbocycles. The summed E-state index contributed by atoms with van der Waals surface area (Å²) in [5.41, 5.74) is 6.80. The van der Waals surface area contributed by atoms with Crippen LogP contribution in [0.25, 0.3) is 0 Å². The molecule has 1 aromatic carbocycles. The van der Waals surface area contributed by atoms with E-state index < -0.39 is 0 Å². The summed E-state index contributed by atoms with van der Waals surface area (Å²) in [6.07, 6.45) is 3.45. The van der Waals surface area contributed by atoms with E-state index in [4.69, 9.17) is 0 Å². The number of amides is 2. The van der Waals surface area contributed by atoms with Gasteiger partial charge in [0.25, 0.3) is 0 Å². The third-order valence-electron chi connectivity index (χ3n) is 2.76. The molecule has 0 atom stereocenters. The van der Waals surface area contributed by atoms with Gasteiger partial charge in [0.1, 0.15) is 0 Å². The second kappa shape index (κ2) is 10.1. The maximum atomic E-state index is 11.6. The molecule has 0 fully saturated rings. The van der Waals surface area contributed by atoms with Crippen LogP contribution in [-0.4, -0.2) is 23.9 Å². The number of nitrogens with zero attached hydrogens (tertiary/aromatic N) is 2. The molecule has 6 nitrogen and oxygen atoms in total. The number of unbranched alkanes of at least 4 members (excludes halogenated alkanes) is 1. The number of nitrogens with one attached hydrogen (secondary N) is 2. The molecule has 0 aromatic heterocycles. The Labute approximate surface area is 130 Å². The zero-order valence-corrected chi connectivity index (χ0v) is 12.6. The summed E-state index contributed by atoms with van der Waals surface area (Å²) in [6.45, 7) is 5.23. The van der Waals surface area contributed by atoms with E-state index in [1.165, 1.54) is 0 Å². The number of rotatable bonds is 8. The highest BCUT2D eigenvalue weighted by Gasteiger charge is 2.02. The fraction of sp³-hybridized carbons (Fsp3) is 0.312. The summed E-state index contributed by atoms with van der Waals surface area (Å²) in [5.74, 6) is 1.82. The van der Waals surface area contributed by atoms with Crippen molar-refractivity contribution in [2.45, 2.75) is 32.6 Å². The molecule has 2 amide bonds. The van der Waals surface area contributed by atoms with Gasteiger partial charge in [0, 0.05) is 18.7 Å². The first-order valence-electron chi connectivity index (χ1n) is 7.01. The second-order valence-corrected chi connectivity index (χ2v) is 4.72. The Bertz CT molecular complexity index is 590. The zero-order valence-electron chi connectivity index (χ0n) is 12.6. The van der Waals surface area contributed by atoms with E-state index in [1.54, 1.807) is 6.21 Å². The van der Waals surface area contributed by atoms with Crippen LogP contribution in [0.5, 0.6) is 0 Å². The van der Waals surface area contributed by atoms with Gasteiger partial charge in [0.15, 0.2) is 0 Å². The van der Waals surface area contributed by atoms with Crippen LogP contribution in [0.15, 0.2) is 41.0 Å². The average molecular weight is 300 g/mol. The summed E-state index contributed by atoms with van der Waals surface area (Å²) in [6, 6.07) is 7.80. The average Bonchev–Trinajstić information content (AvgIpc) is 2.49. The predicted molar refractivity (Wildman–Crippen MR) is 86.6 cm³/mol. The molecule has 0 bridgehead atoms. The number of benzene rings is 1. The van der Waals surface area contributed by atoms with Gasteiger partial charge in [-0.25, -0.2) is 10.9 Å². The van der Waals surface area contributed by atoms with Gasteiger partial charge in [-0.05, 0) is 31.9 Å². The maximum Gasteiger partial charge on any atom is 0.240 e. The van der Waals surface area contributed by atoms with Crippen LogP contribution < -0.4 is 10.9 Å². The lowest BCUT2D eigenvalue weighted by Crippen LogP contribution is -2.18. The molecule has 0 aliphatic heterocycles. The quantitative estimate of drug-likeness (QED) is 0.436. The molecular weight excluding hydrogens is 280 g/mol. The van der Waals surface area contributed by atoms with E-state index in [2.05, 4.69) is 33.5 Å². The van der Waals surface area contributed by atoms with Crippen molar-refractivity contribution in [2.75, 3.05) is 0 Å². The molecule has 116 valence electrons. The molecule has 0 saturated carbocycles. The summed E-state index contributed by atoms with van der Waals surface area (Å²) in [4.78, 5) is 22.8. The van der Waals surface area contributed by atoms with Crippen molar-refractivity contribution in [3.8, 4) is 0 Å². The minimum atomic E-state index is -0.214. The molecule has 2 N–H and O–H groups in total. The number of aryl methyl sites for hydroxylation is 1. The van der Waals surface area contributed by atoms with E-state index in [9.17, 15) is 9.59 Å². The van der Waals surface area contributed by atoms with Crippen LogP contribution in [0.1, 0.15) is 36.8 Å². The Morgan fingerprint density at radius 1 is 1.23 bits per heavy atom. The monoisotopic (exact) mass is 300 g/mol. The zero-order chi connectivity index (χ0) is 16.2. The smallest absolute Gasteiger partial charge is 0.240 e. The van der Waals surface area contributed by atoms with Crippen LogP contribution in [-0.2, 0) is 9.59 Å². The topological polar surface area (TPSA) is 82.9 Å². The fourth-order valence-electron chi connectivity index (χ4n) is 1.71. The van der Waals surface area contributed by atoms with Crippen LogP contribution in [0, 0.1) is 6.92 Å². The van der Waals surface area contributed by atoms with Gasteiger partial charge >= 0.3 is 0 Å². The standard InChI is InChI=1S/C16H20N4O2/c1-3-17-19-15(21)9-4-5-10-16(22)20-18-12-14-8-6-7-13(2)11-14/h6-8,11-12H,1,4-5,9-10H2,2H3,(H,19,21)(H,20,22)/b18-12+. The van der Waals surface area contributed by atoms with Crippen LogP contribution in [0.2, 0.25) is 0 Å². The molecule has 0 radical (unpaired) electrons.